The number of anilines is 1. The van der Waals surface area contributed by atoms with E-state index in [4.69, 9.17) is 5.73 Å². The van der Waals surface area contributed by atoms with Gasteiger partial charge in [-0.2, -0.15) is 0 Å². The molecule has 108 valence electrons. The number of rotatable bonds is 9. The number of hydrogen-bond acceptors (Lipinski definition) is 2. The third-order valence-corrected chi connectivity index (χ3v) is 3.77. The van der Waals surface area contributed by atoms with E-state index in [0.29, 0.717) is 5.92 Å². The molecule has 0 aliphatic carbocycles. The van der Waals surface area contributed by atoms with Crippen LogP contribution < -0.4 is 10.6 Å². The van der Waals surface area contributed by atoms with Crippen LogP contribution in [0.5, 0.6) is 0 Å². The summed E-state index contributed by atoms with van der Waals surface area (Å²) >= 11 is 0. The van der Waals surface area contributed by atoms with Crippen LogP contribution in [0.3, 0.4) is 0 Å². The van der Waals surface area contributed by atoms with E-state index in [2.05, 4.69) is 18.7 Å². The van der Waals surface area contributed by atoms with E-state index >= 15 is 0 Å². The molecule has 1 atom stereocenters. The Labute approximate surface area is 116 Å². The van der Waals surface area contributed by atoms with Gasteiger partial charge in [-0.25, -0.2) is 4.39 Å². The summed E-state index contributed by atoms with van der Waals surface area (Å²) in [5.74, 6) is 0.586. The maximum atomic E-state index is 13.7. The zero-order chi connectivity index (χ0) is 14.1. The van der Waals surface area contributed by atoms with Gasteiger partial charge in [-0.15, -0.1) is 0 Å². The Kier molecular flexibility index (Phi) is 7.49. The van der Waals surface area contributed by atoms with Crippen LogP contribution in [-0.2, 0) is 0 Å². The summed E-state index contributed by atoms with van der Waals surface area (Å²) in [7, 11) is 0. The Hall–Kier alpha value is -1.09. The van der Waals surface area contributed by atoms with Crippen molar-refractivity contribution in [3.05, 3.63) is 30.1 Å². The van der Waals surface area contributed by atoms with Gasteiger partial charge < -0.3 is 10.6 Å². The van der Waals surface area contributed by atoms with Gasteiger partial charge in [0.2, 0.25) is 0 Å². The molecule has 1 aromatic carbocycles. The molecule has 0 saturated carbocycles. The summed E-state index contributed by atoms with van der Waals surface area (Å²) in [6, 6.07) is 7.02. The van der Waals surface area contributed by atoms with Gasteiger partial charge in [-0.1, -0.05) is 25.5 Å². The fraction of sp³-hybridized carbons (Fsp3) is 0.625. The molecule has 0 bridgehead atoms. The zero-order valence-corrected chi connectivity index (χ0v) is 12.2. The fourth-order valence-corrected chi connectivity index (χ4v) is 2.52. The summed E-state index contributed by atoms with van der Waals surface area (Å²) in [4.78, 5) is 2.12. The highest BCUT2D eigenvalue weighted by Gasteiger charge is 2.10. The number of nitrogens with two attached hydrogens (primary N) is 1. The largest absolute Gasteiger partial charge is 0.369 e. The predicted molar refractivity (Wildman–Crippen MR) is 81.0 cm³/mol. The molecule has 0 aliphatic heterocycles. The highest BCUT2D eigenvalue weighted by atomic mass is 19.1. The van der Waals surface area contributed by atoms with Crippen molar-refractivity contribution in [3.63, 3.8) is 0 Å². The lowest BCUT2D eigenvalue weighted by atomic mass is 9.96. The van der Waals surface area contributed by atoms with Crippen molar-refractivity contribution in [2.24, 2.45) is 11.7 Å². The first-order valence-electron chi connectivity index (χ1n) is 7.42. The second kappa shape index (κ2) is 8.92. The van der Waals surface area contributed by atoms with Gasteiger partial charge in [0.25, 0.3) is 0 Å². The standard InChI is InChI=1S/C16H27FN2/c1-3-14(11-12-18)8-7-13-19(4-2)16-10-6-5-9-15(16)17/h5-6,9-10,14H,3-4,7-8,11-13,18H2,1-2H3. The highest BCUT2D eigenvalue weighted by molar-refractivity contribution is 5.47. The van der Waals surface area contributed by atoms with E-state index in [1.54, 1.807) is 6.07 Å². The van der Waals surface area contributed by atoms with Crippen LogP contribution >= 0.6 is 0 Å². The normalized spacial score (nSPS) is 12.4. The zero-order valence-electron chi connectivity index (χ0n) is 12.2. The highest BCUT2D eigenvalue weighted by Crippen LogP contribution is 2.20. The van der Waals surface area contributed by atoms with Gasteiger partial charge in [0.1, 0.15) is 5.82 Å². The molecule has 1 aromatic rings. The Morgan fingerprint density at radius 1 is 1.21 bits per heavy atom. The summed E-state index contributed by atoms with van der Waals surface area (Å²) in [6.45, 7) is 6.81. The first-order valence-corrected chi connectivity index (χ1v) is 7.42. The SMILES string of the molecule is CCC(CCN)CCCN(CC)c1ccccc1F. The van der Waals surface area contributed by atoms with Gasteiger partial charge in [-0.05, 0) is 50.8 Å². The molecule has 19 heavy (non-hydrogen) atoms. The second-order valence-electron chi connectivity index (χ2n) is 5.02. The molecule has 0 fully saturated rings. The van der Waals surface area contributed by atoms with E-state index in [1.165, 1.54) is 18.9 Å². The lowest BCUT2D eigenvalue weighted by Gasteiger charge is -2.24. The molecular formula is C16H27FN2. The van der Waals surface area contributed by atoms with Gasteiger partial charge >= 0.3 is 0 Å². The van der Waals surface area contributed by atoms with Crippen molar-refractivity contribution in [1.82, 2.24) is 0 Å². The molecule has 2 N–H and O–H groups in total. The third kappa shape index (κ3) is 5.19. The van der Waals surface area contributed by atoms with Crippen LogP contribution in [0.1, 0.15) is 39.5 Å². The summed E-state index contributed by atoms with van der Waals surface area (Å²) < 4.78 is 13.7. The third-order valence-electron chi connectivity index (χ3n) is 3.77. The lowest BCUT2D eigenvalue weighted by Crippen LogP contribution is -2.25. The Balaban J connectivity index is 2.47. The average Bonchev–Trinajstić information content (AvgIpc) is 2.43. The van der Waals surface area contributed by atoms with Crippen LogP contribution in [-0.4, -0.2) is 19.6 Å². The minimum Gasteiger partial charge on any atom is -0.369 e. The van der Waals surface area contributed by atoms with Crippen LogP contribution in [0.25, 0.3) is 0 Å². The predicted octanol–water partition coefficient (Wildman–Crippen LogP) is 3.81. The second-order valence-corrected chi connectivity index (χ2v) is 5.02. The molecule has 0 aliphatic rings. The van der Waals surface area contributed by atoms with Crippen LogP contribution in [0.2, 0.25) is 0 Å². The minimum absolute atomic E-state index is 0.127. The van der Waals surface area contributed by atoms with Gasteiger partial charge in [0.15, 0.2) is 0 Å². The Morgan fingerprint density at radius 2 is 1.95 bits per heavy atom. The maximum Gasteiger partial charge on any atom is 0.146 e. The van der Waals surface area contributed by atoms with E-state index < -0.39 is 0 Å². The molecule has 0 heterocycles. The molecule has 2 nitrogen and oxygen atoms in total. The smallest absolute Gasteiger partial charge is 0.146 e. The molecule has 1 rings (SSSR count). The van der Waals surface area contributed by atoms with Crippen LogP contribution in [0.15, 0.2) is 24.3 Å². The lowest BCUT2D eigenvalue weighted by molar-refractivity contribution is 0.429. The average molecular weight is 266 g/mol. The summed E-state index contributed by atoms with van der Waals surface area (Å²) in [5.41, 5.74) is 6.33. The summed E-state index contributed by atoms with van der Waals surface area (Å²) in [5, 5.41) is 0. The van der Waals surface area contributed by atoms with E-state index in [9.17, 15) is 4.39 Å². The number of para-hydroxylation sites is 1. The van der Waals surface area contributed by atoms with Gasteiger partial charge in [-0.3, -0.25) is 0 Å². The molecule has 1 unspecified atom stereocenters. The van der Waals surface area contributed by atoms with Crippen molar-refractivity contribution >= 4 is 5.69 Å². The molecule has 0 amide bonds. The minimum atomic E-state index is -0.127. The first kappa shape index (κ1) is 16.0. The number of halogens is 1. The monoisotopic (exact) mass is 266 g/mol. The molecular weight excluding hydrogens is 239 g/mol. The van der Waals surface area contributed by atoms with E-state index in [0.717, 1.165) is 38.2 Å². The fourth-order valence-electron chi connectivity index (χ4n) is 2.52. The maximum absolute atomic E-state index is 13.7. The topological polar surface area (TPSA) is 29.3 Å². The first-order chi connectivity index (χ1) is 9.22. The number of nitrogens with zero attached hydrogens (tertiary/aromatic N) is 1. The summed E-state index contributed by atoms with van der Waals surface area (Å²) in [6.07, 6.45) is 4.56. The van der Waals surface area contributed by atoms with Crippen molar-refractivity contribution in [1.29, 1.82) is 0 Å². The van der Waals surface area contributed by atoms with Gasteiger partial charge in [0.05, 0.1) is 5.69 Å². The van der Waals surface area contributed by atoms with Crippen LogP contribution in [0, 0.1) is 11.7 Å². The van der Waals surface area contributed by atoms with Crippen LogP contribution in [0.4, 0.5) is 10.1 Å². The number of benzene rings is 1. The Bertz CT molecular complexity index is 354. The van der Waals surface area contributed by atoms with E-state index in [-0.39, 0.29) is 5.82 Å². The number of hydrogen-bond donors (Lipinski definition) is 1. The molecule has 0 aromatic heterocycles. The van der Waals surface area contributed by atoms with E-state index in [1.807, 2.05) is 12.1 Å². The molecule has 3 heteroatoms. The van der Waals surface area contributed by atoms with Crippen molar-refractivity contribution in [2.75, 3.05) is 24.5 Å². The quantitative estimate of drug-likeness (QED) is 0.736. The van der Waals surface area contributed by atoms with Crippen molar-refractivity contribution in [2.45, 2.75) is 39.5 Å². The molecule has 0 radical (unpaired) electrons. The Morgan fingerprint density at radius 3 is 2.53 bits per heavy atom. The molecule has 0 spiro atoms. The molecule has 0 saturated heterocycles. The van der Waals surface area contributed by atoms with Gasteiger partial charge in [0, 0.05) is 13.1 Å². The van der Waals surface area contributed by atoms with Crippen molar-refractivity contribution < 1.29 is 4.39 Å². The van der Waals surface area contributed by atoms with Crippen molar-refractivity contribution in [3.8, 4) is 0 Å².